The number of carboxylic acid groups (broad SMARTS) is 1. The van der Waals surface area contributed by atoms with E-state index in [2.05, 4.69) is 0 Å². The Hall–Kier alpha value is -1.22. The molecule has 0 saturated heterocycles. The van der Waals surface area contributed by atoms with E-state index in [0.29, 0.717) is 29.2 Å². The number of hydrogen-bond donors (Lipinski definition) is 1. The van der Waals surface area contributed by atoms with Gasteiger partial charge in [-0.15, -0.1) is 0 Å². The minimum absolute atomic E-state index is 0.534. The molecule has 0 unspecified atom stereocenters. The van der Waals surface area contributed by atoms with Gasteiger partial charge in [-0.1, -0.05) is 30.5 Å². The predicted molar refractivity (Wildman–Crippen MR) is 75.3 cm³/mol. The molecule has 19 heavy (non-hydrogen) atoms. The Morgan fingerprint density at radius 2 is 1.89 bits per heavy atom. The summed E-state index contributed by atoms with van der Waals surface area (Å²) in [4.78, 5) is 11.9. The third-order valence-electron chi connectivity index (χ3n) is 4.13. The maximum atomic E-state index is 11.9. The molecule has 0 heterocycles. The van der Waals surface area contributed by atoms with Crippen molar-refractivity contribution in [3.8, 4) is 5.75 Å². The lowest BCUT2D eigenvalue weighted by Gasteiger charge is -2.29. The van der Waals surface area contributed by atoms with Crippen LogP contribution in [-0.4, -0.2) is 18.2 Å². The number of hydrogen-bond acceptors (Lipinski definition) is 2. The molecular weight excluding hydrogens is 264 g/mol. The van der Waals surface area contributed by atoms with Crippen LogP contribution in [0.25, 0.3) is 0 Å². The number of aliphatic carboxylic acids is 1. The topological polar surface area (TPSA) is 46.5 Å². The van der Waals surface area contributed by atoms with Crippen LogP contribution in [0.5, 0.6) is 5.75 Å². The average Bonchev–Trinajstić information content (AvgIpc) is 2.83. The highest BCUT2D eigenvalue weighted by Gasteiger charge is 2.46. The van der Waals surface area contributed by atoms with E-state index in [9.17, 15) is 9.90 Å². The maximum absolute atomic E-state index is 11.9. The van der Waals surface area contributed by atoms with Crippen LogP contribution in [0.2, 0.25) is 5.02 Å². The minimum atomic E-state index is -0.890. The zero-order chi connectivity index (χ0) is 14.2. The highest BCUT2D eigenvalue weighted by molar-refractivity contribution is 6.32. The zero-order valence-corrected chi connectivity index (χ0v) is 12.3. The van der Waals surface area contributed by atoms with E-state index >= 15 is 0 Å². The Balaban J connectivity index is 2.76. The van der Waals surface area contributed by atoms with E-state index in [-0.39, 0.29) is 0 Å². The van der Waals surface area contributed by atoms with Crippen molar-refractivity contribution in [2.24, 2.45) is 0 Å². The number of carbonyl (C=O) groups is 1. The van der Waals surface area contributed by atoms with Gasteiger partial charge < -0.3 is 9.84 Å². The van der Waals surface area contributed by atoms with Crippen LogP contribution in [0, 0.1) is 13.8 Å². The molecule has 0 atom stereocenters. The summed E-state index contributed by atoms with van der Waals surface area (Å²) in [6, 6.07) is 1.94. The van der Waals surface area contributed by atoms with Crippen molar-refractivity contribution in [2.75, 3.05) is 7.11 Å². The molecule has 0 spiro atoms. The fourth-order valence-electron chi connectivity index (χ4n) is 3.19. The van der Waals surface area contributed by atoms with Crippen LogP contribution in [0.1, 0.15) is 42.4 Å². The van der Waals surface area contributed by atoms with E-state index < -0.39 is 11.4 Å². The standard InChI is InChI=1S/C15H19ClO3/c1-9-8-10(2)13(19-3)11(12(9)16)15(14(17)18)6-4-5-7-15/h8H,4-7H2,1-3H3,(H,17,18). The lowest BCUT2D eigenvalue weighted by Crippen LogP contribution is -2.33. The smallest absolute Gasteiger partial charge is 0.314 e. The van der Waals surface area contributed by atoms with Crippen LogP contribution in [0.15, 0.2) is 6.07 Å². The van der Waals surface area contributed by atoms with Crippen LogP contribution >= 0.6 is 11.6 Å². The van der Waals surface area contributed by atoms with Gasteiger partial charge in [-0.2, -0.15) is 0 Å². The van der Waals surface area contributed by atoms with Crippen molar-refractivity contribution in [3.63, 3.8) is 0 Å². The molecule has 0 aliphatic heterocycles. The second-order valence-corrected chi connectivity index (χ2v) is 5.70. The molecule has 1 fully saturated rings. The predicted octanol–water partition coefficient (Wildman–Crippen LogP) is 3.86. The normalized spacial score (nSPS) is 17.5. The summed E-state index contributed by atoms with van der Waals surface area (Å²) < 4.78 is 5.45. The molecule has 3 nitrogen and oxygen atoms in total. The monoisotopic (exact) mass is 282 g/mol. The Bertz CT molecular complexity index is 517. The molecule has 1 N–H and O–H groups in total. The van der Waals surface area contributed by atoms with E-state index in [0.717, 1.165) is 24.0 Å². The molecule has 4 heteroatoms. The van der Waals surface area contributed by atoms with Crippen molar-refractivity contribution in [1.29, 1.82) is 0 Å². The highest BCUT2D eigenvalue weighted by Crippen LogP contribution is 2.49. The number of rotatable bonds is 3. The van der Waals surface area contributed by atoms with Crippen molar-refractivity contribution >= 4 is 17.6 Å². The fraction of sp³-hybridized carbons (Fsp3) is 0.533. The summed E-state index contributed by atoms with van der Waals surface area (Å²) in [5.74, 6) is -0.171. The molecule has 1 saturated carbocycles. The number of ether oxygens (including phenoxy) is 1. The van der Waals surface area contributed by atoms with Crippen molar-refractivity contribution in [3.05, 3.63) is 27.8 Å². The second kappa shape index (κ2) is 5.04. The van der Waals surface area contributed by atoms with Crippen molar-refractivity contribution in [1.82, 2.24) is 0 Å². The Kier molecular flexibility index (Phi) is 3.77. The number of methoxy groups -OCH3 is 1. The largest absolute Gasteiger partial charge is 0.496 e. The van der Waals surface area contributed by atoms with Crippen LogP contribution in [0.4, 0.5) is 0 Å². The molecular formula is C15H19ClO3. The molecule has 0 amide bonds. The minimum Gasteiger partial charge on any atom is -0.496 e. The molecule has 1 aromatic carbocycles. The van der Waals surface area contributed by atoms with Gasteiger partial charge in [0.2, 0.25) is 0 Å². The van der Waals surface area contributed by atoms with Crippen LogP contribution in [-0.2, 0) is 10.2 Å². The summed E-state index contributed by atoms with van der Waals surface area (Å²) in [7, 11) is 1.57. The van der Waals surface area contributed by atoms with Crippen LogP contribution < -0.4 is 4.74 Å². The van der Waals surface area contributed by atoms with E-state index in [4.69, 9.17) is 16.3 Å². The zero-order valence-electron chi connectivity index (χ0n) is 11.5. The maximum Gasteiger partial charge on any atom is 0.314 e. The highest BCUT2D eigenvalue weighted by atomic mass is 35.5. The number of aryl methyl sites for hydroxylation is 2. The van der Waals surface area contributed by atoms with Gasteiger partial charge in [0.15, 0.2) is 0 Å². The summed E-state index contributed by atoms with van der Waals surface area (Å²) in [6.07, 6.45) is 3.08. The molecule has 0 radical (unpaired) electrons. The van der Waals surface area contributed by atoms with Gasteiger partial charge in [0, 0.05) is 5.56 Å². The van der Waals surface area contributed by atoms with Gasteiger partial charge in [0.1, 0.15) is 5.75 Å². The molecule has 0 aromatic heterocycles. The molecule has 0 bridgehead atoms. The first kappa shape index (κ1) is 14.2. The molecule has 1 aliphatic rings. The number of carboxylic acids is 1. The lowest BCUT2D eigenvalue weighted by molar-refractivity contribution is -0.143. The first-order valence-electron chi connectivity index (χ1n) is 6.51. The summed E-state index contributed by atoms with van der Waals surface area (Å²) in [5, 5.41) is 10.3. The van der Waals surface area contributed by atoms with Gasteiger partial charge in [-0.25, -0.2) is 0 Å². The Labute approximate surface area is 118 Å². The average molecular weight is 283 g/mol. The molecule has 104 valence electrons. The van der Waals surface area contributed by atoms with Crippen LogP contribution in [0.3, 0.4) is 0 Å². The SMILES string of the molecule is COc1c(C)cc(C)c(Cl)c1C1(C(=O)O)CCCC1. The third kappa shape index (κ3) is 2.10. The molecule has 2 rings (SSSR count). The Morgan fingerprint density at radius 1 is 1.32 bits per heavy atom. The third-order valence-corrected chi connectivity index (χ3v) is 4.62. The van der Waals surface area contributed by atoms with E-state index in [1.54, 1.807) is 7.11 Å². The summed E-state index contributed by atoms with van der Waals surface area (Å²) >= 11 is 6.42. The molecule has 1 aromatic rings. The fourth-order valence-corrected chi connectivity index (χ4v) is 3.51. The van der Waals surface area contributed by atoms with Gasteiger partial charge in [-0.05, 0) is 37.8 Å². The van der Waals surface area contributed by atoms with E-state index in [1.165, 1.54) is 0 Å². The van der Waals surface area contributed by atoms with Crippen molar-refractivity contribution < 1.29 is 14.6 Å². The van der Waals surface area contributed by atoms with E-state index in [1.807, 2.05) is 19.9 Å². The number of benzene rings is 1. The quantitative estimate of drug-likeness (QED) is 0.916. The summed E-state index contributed by atoms with van der Waals surface area (Å²) in [5.41, 5.74) is 1.62. The van der Waals surface area contributed by atoms with Crippen molar-refractivity contribution in [2.45, 2.75) is 44.9 Å². The summed E-state index contributed by atoms with van der Waals surface area (Å²) in [6.45, 7) is 3.83. The number of halogens is 1. The lowest BCUT2D eigenvalue weighted by atomic mass is 9.77. The second-order valence-electron chi connectivity index (χ2n) is 5.33. The van der Waals surface area contributed by atoms with Gasteiger partial charge in [0.05, 0.1) is 17.5 Å². The van der Waals surface area contributed by atoms with Gasteiger partial charge >= 0.3 is 5.97 Å². The first-order chi connectivity index (χ1) is 8.94. The van der Waals surface area contributed by atoms with Gasteiger partial charge in [0.25, 0.3) is 0 Å². The van der Waals surface area contributed by atoms with Gasteiger partial charge in [-0.3, -0.25) is 4.79 Å². The first-order valence-corrected chi connectivity index (χ1v) is 6.89. The molecule has 1 aliphatic carbocycles. The Morgan fingerprint density at radius 3 is 2.37 bits per heavy atom.